The third-order valence-electron chi connectivity index (χ3n) is 8.73. The van der Waals surface area contributed by atoms with Gasteiger partial charge in [-0.1, -0.05) is 0 Å². The molecule has 2 fully saturated rings. The van der Waals surface area contributed by atoms with E-state index in [1.165, 1.54) is 6.92 Å². The van der Waals surface area contributed by atoms with E-state index in [0.29, 0.717) is 6.07 Å². The number of carbonyl (C=O) groups is 5. The van der Waals surface area contributed by atoms with Gasteiger partial charge in [0.2, 0.25) is 11.8 Å². The number of nitrogens with zero attached hydrogens (tertiary/aromatic N) is 3. The predicted molar refractivity (Wildman–Crippen MR) is 169 cm³/mol. The Hall–Kier alpha value is -4.43. The third kappa shape index (κ3) is 7.97. The van der Waals surface area contributed by atoms with Crippen LogP contribution in [0.5, 0.6) is 0 Å². The molecule has 0 spiro atoms. The first-order valence-corrected chi connectivity index (χ1v) is 18.6. The maximum absolute atomic E-state index is 15.4. The monoisotopic (exact) mass is 778 g/mol. The summed E-state index contributed by atoms with van der Waals surface area (Å²) in [6.07, 6.45) is -1.76. The normalized spacial score (nSPS) is 22.3. The van der Waals surface area contributed by atoms with Crippen molar-refractivity contribution in [2.45, 2.75) is 37.6 Å². The van der Waals surface area contributed by atoms with Crippen molar-refractivity contribution >= 4 is 62.2 Å². The van der Waals surface area contributed by atoms with E-state index in [1.807, 2.05) is 5.32 Å². The molecular weight excluding hydrogens is 747 g/mol. The summed E-state index contributed by atoms with van der Waals surface area (Å²) in [7, 11) is -11.2. The first kappa shape index (κ1) is 38.8. The Morgan fingerprint density at radius 3 is 2.06 bits per heavy atom. The fourth-order valence-electron chi connectivity index (χ4n) is 6.08. The SMILES string of the molecule is CC(NC1[C@H]2CN(c3nc4c(cc3F)C(=O)C(C(=O)O)CN4c3ccc(F)cc3F)C[C@@H]12)C(=O)NC(=O)[C@H](C)NC(=O)OC(P(=O)(O)O)P(=O)(O)O. The number of carboxylic acid groups (broad SMARTS) is 1. The van der Waals surface area contributed by atoms with Crippen molar-refractivity contribution in [3.8, 4) is 0 Å². The lowest BCUT2D eigenvalue weighted by Crippen LogP contribution is -2.52. The van der Waals surface area contributed by atoms with Crippen LogP contribution in [0.2, 0.25) is 0 Å². The van der Waals surface area contributed by atoms with Gasteiger partial charge in [0, 0.05) is 31.7 Å². The van der Waals surface area contributed by atoms with Gasteiger partial charge in [-0.2, -0.15) is 0 Å². The Balaban J connectivity index is 1.19. The molecule has 8 N–H and O–H groups in total. The highest BCUT2D eigenvalue weighted by molar-refractivity contribution is 7.70. The van der Waals surface area contributed by atoms with E-state index in [1.54, 1.807) is 10.2 Å². The quantitative estimate of drug-likeness (QED) is 0.113. The number of fused-ring (bicyclic) bond motifs is 2. The Morgan fingerprint density at radius 2 is 1.50 bits per heavy atom. The number of benzene rings is 1. The van der Waals surface area contributed by atoms with Gasteiger partial charge >= 0.3 is 32.8 Å². The number of piperidine rings is 1. The molecule has 3 amide bonds. The lowest BCUT2D eigenvalue weighted by Gasteiger charge is -2.34. The number of carbonyl (C=O) groups excluding carboxylic acids is 4. The van der Waals surface area contributed by atoms with Crippen LogP contribution >= 0.6 is 15.2 Å². The molecule has 3 aliphatic rings. The number of pyridine rings is 1. The first-order valence-electron chi connectivity index (χ1n) is 15.2. The second kappa shape index (κ2) is 14.2. The summed E-state index contributed by atoms with van der Waals surface area (Å²) in [6.45, 7) is 2.34. The highest BCUT2D eigenvalue weighted by Gasteiger charge is 2.57. The van der Waals surface area contributed by atoms with Crippen LogP contribution in [0.1, 0.15) is 24.2 Å². The van der Waals surface area contributed by atoms with Gasteiger partial charge in [0.25, 0.3) is 0 Å². The number of rotatable bonds is 11. The van der Waals surface area contributed by atoms with Crippen molar-refractivity contribution in [1.29, 1.82) is 0 Å². The molecule has 1 aromatic carbocycles. The second-order valence-electron chi connectivity index (χ2n) is 12.4. The van der Waals surface area contributed by atoms with Gasteiger partial charge in [0.15, 0.2) is 17.4 Å². The Kier molecular flexibility index (Phi) is 10.6. The molecule has 3 unspecified atom stereocenters. The molecule has 6 atom stereocenters. The van der Waals surface area contributed by atoms with Crippen LogP contribution in [0, 0.1) is 35.2 Å². The van der Waals surface area contributed by atoms with Gasteiger partial charge in [-0.25, -0.2) is 22.9 Å². The number of alkyl carbamates (subject to hydrolysis) is 1. The predicted octanol–water partition coefficient (Wildman–Crippen LogP) is 0.343. The molecule has 282 valence electrons. The lowest BCUT2D eigenvalue weighted by molar-refractivity contribution is -0.139. The van der Waals surface area contributed by atoms with Crippen molar-refractivity contribution in [1.82, 2.24) is 20.9 Å². The molecular formula is C28H31F3N6O13P2. The number of aromatic nitrogens is 1. The Morgan fingerprint density at radius 1 is 0.904 bits per heavy atom. The molecule has 52 heavy (non-hydrogen) atoms. The van der Waals surface area contributed by atoms with Gasteiger partial charge in [-0.3, -0.25) is 33.6 Å². The van der Waals surface area contributed by atoms with Crippen molar-refractivity contribution < 1.29 is 75.7 Å². The van der Waals surface area contributed by atoms with Gasteiger partial charge in [-0.05, 0) is 43.9 Å². The highest BCUT2D eigenvalue weighted by atomic mass is 31.2. The number of halogens is 3. The maximum atomic E-state index is 15.4. The molecule has 2 aromatic rings. The molecule has 19 nitrogen and oxygen atoms in total. The Labute approximate surface area is 290 Å². The summed E-state index contributed by atoms with van der Waals surface area (Å²) in [5, 5.41) is 16.4. The van der Waals surface area contributed by atoms with Crippen LogP contribution in [-0.4, -0.2) is 103 Å². The molecule has 1 saturated carbocycles. The largest absolute Gasteiger partial charge is 0.481 e. The average Bonchev–Trinajstić information content (AvgIpc) is 3.44. The van der Waals surface area contributed by atoms with Crippen LogP contribution in [-0.2, 0) is 28.3 Å². The summed E-state index contributed by atoms with van der Waals surface area (Å²) in [5.74, 6) is -9.69. The number of nitrogens with one attached hydrogen (secondary N) is 3. The van der Waals surface area contributed by atoms with Gasteiger partial charge in [0.05, 0.1) is 17.3 Å². The number of Topliss-reactive ketones (excluding diaryl/α,β-unsaturated/α-hetero) is 1. The van der Waals surface area contributed by atoms with Crippen molar-refractivity contribution in [3.63, 3.8) is 0 Å². The molecule has 24 heteroatoms. The fraction of sp³-hybridized carbons (Fsp3) is 0.429. The van der Waals surface area contributed by atoms with Crippen molar-refractivity contribution in [3.05, 3.63) is 47.3 Å². The summed E-state index contributed by atoms with van der Waals surface area (Å²) in [5.41, 5.74) is -3.79. The van der Waals surface area contributed by atoms with E-state index in [-0.39, 0.29) is 48.3 Å². The number of aliphatic carboxylic acids is 1. The van der Waals surface area contributed by atoms with E-state index in [0.717, 1.165) is 30.0 Å². The number of carboxylic acids is 1. The summed E-state index contributed by atoms with van der Waals surface area (Å²) < 4.78 is 70.6. The summed E-state index contributed by atoms with van der Waals surface area (Å²) in [4.78, 5) is 105. The minimum Gasteiger partial charge on any atom is -0.481 e. The molecule has 1 aliphatic carbocycles. The van der Waals surface area contributed by atoms with E-state index in [9.17, 15) is 47.0 Å². The highest BCUT2D eigenvalue weighted by Crippen LogP contribution is 2.60. The molecule has 1 saturated heterocycles. The zero-order valence-corrected chi connectivity index (χ0v) is 28.6. The number of ether oxygens (including phenoxy) is 1. The standard InChI is InChI=1S/C28H31F3N6O13P2/c1-10(24(39)35-25(40)11(2)33-27(43)50-28(51(44,45)46)52(47,48)49)32-20-14-7-36(8-15(14)20)23-18(31)6-13-21(38)16(26(41)42)9-37(22(13)34-23)19-4-3-12(29)5-17(19)30/h3-6,10-11,14-16,20,28,32H,7-9H2,1-2H3,(H,33,43)(H,41,42)(H,35,39,40)(H2,44,45,46)(H2,47,48,49)/t10?,11-,14-,15+,16?,20?/m0/s1. The summed E-state index contributed by atoms with van der Waals surface area (Å²) in [6, 6.07) is 0.548. The number of ketones is 1. The lowest BCUT2D eigenvalue weighted by atomic mass is 9.92. The fourth-order valence-corrected chi connectivity index (χ4v) is 8.11. The smallest absolute Gasteiger partial charge is 0.409 e. The van der Waals surface area contributed by atoms with Gasteiger partial charge in [0.1, 0.15) is 29.4 Å². The number of anilines is 3. The zero-order valence-electron chi connectivity index (χ0n) is 26.8. The molecule has 5 rings (SSSR count). The van der Waals surface area contributed by atoms with Crippen LogP contribution < -0.4 is 25.8 Å². The molecule has 0 radical (unpaired) electrons. The van der Waals surface area contributed by atoms with Crippen LogP contribution in [0.4, 0.5) is 35.3 Å². The van der Waals surface area contributed by atoms with E-state index in [4.69, 9.17) is 19.6 Å². The minimum atomic E-state index is -5.61. The van der Waals surface area contributed by atoms with Crippen LogP contribution in [0.3, 0.4) is 0 Å². The van der Waals surface area contributed by atoms with Crippen LogP contribution in [0.15, 0.2) is 24.3 Å². The topological polar surface area (TPSA) is 285 Å². The maximum Gasteiger partial charge on any atom is 0.409 e. The number of amides is 3. The minimum absolute atomic E-state index is 0.141. The molecule has 0 bridgehead atoms. The number of imide groups is 1. The summed E-state index contributed by atoms with van der Waals surface area (Å²) >= 11 is 0. The first-order chi connectivity index (χ1) is 24.1. The van der Waals surface area contributed by atoms with Gasteiger partial charge in [-0.15, -0.1) is 0 Å². The Bertz CT molecular complexity index is 1910. The molecule has 2 aliphatic heterocycles. The number of hydrogen-bond donors (Lipinski definition) is 8. The van der Waals surface area contributed by atoms with Crippen molar-refractivity contribution in [2.75, 3.05) is 29.4 Å². The van der Waals surface area contributed by atoms with E-state index in [2.05, 4.69) is 15.0 Å². The molecule has 3 heterocycles. The van der Waals surface area contributed by atoms with Crippen molar-refractivity contribution in [2.24, 2.45) is 17.8 Å². The zero-order chi connectivity index (χ0) is 38.6. The van der Waals surface area contributed by atoms with E-state index >= 15 is 4.39 Å². The molecule has 1 aromatic heterocycles. The number of hydrogen-bond acceptors (Lipinski definition) is 12. The average molecular weight is 779 g/mol. The van der Waals surface area contributed by atoms with Crippen LogP contribution in [0.25, 0.3) is 0 Å². The van der Waals surface area contributed by atoms with E-state index < -0.39 is 98.0 Å². The van der Waals surface area contributed by atoms with Gasteiger partial charge < -0.3 is 49.9 Å². The second-order valence-corrected chi connectivity index (χ2v) is 16.1. The third-order valence-corrected chi connectivity index (χ3v) is 11.9.